The number of hydrogen-bond acceptors (Lipinski definition) is 6. The van der Waals surface area contributed by atoms with E-state index in [0.29, 0.717) is 18.3 Å². The standard InChI is InChI=1S/C23H28FN3O2S.2ClH/c1-26(23-25-22-5-3-2-4-17(22)16-30-23)19-10-12-27(13-11-19)14-20(28)15-29-21-8-6-18(24)7-9-21;;/h2-9,19-20,28H,10-16H2,1H3;2*1H. The summed E-state index contributed by atoms with van der Waals surface area (Å²) in [7, 11) is 2.14. The highest BCUT2D eigenvalue weighted by molar-refractivity contribution is 8.13. The summed E-state index contributed by atoms with van der Waals surface area (Å²) < 4.78 is 18.5. The number of aliphatic hydroxyl groups is 1. The van der Waals surface area contributed by atoms with Crippen LogP contribution in [0.5, 0.6) is 5.75 Å². The van der Waals surface area contributed by atoms with Gasteiger partial charge >= 0.3 is 0 Å². The van der Waals surface area contributed by atoms with Gasteiger partial charge in [-0.2, -0.15) is 0 Å². The molecule has 2 aromatic carbocycles. The lowest BCUT2D eigenvalue weighted by molar-refractivity contribution is 0.0537. The molecule has 0 aliphatic carbocycles. The van der Waals surface area contributed by atoms with E-state index in [4.69, 9.17) is 9.73 Å². The summed E-state index contributed by atoms with van der Waals surface area (Å²) >= 11 is 1.81. The summed E-state index contributed by atoms with van der Waals surface area (Å²) in [6, 6.07) is 14.7. The van der Waals surface area contributed by atoms with Crippen LogP contribution in [0.1, 0.15) is 18.4 Å². The number of ether oxygens (including phenoxy) is 1. The lowest BCUT2D eigenvalue weighted by Gasteiger charge is -2.39. The van der Waals surface area contributed by atoms with Gasteiger partial charge in [-0.15, -0.1) is 24.8 Å². The first-order valence-electron chi connectivity index (χ1n) is 10.4. The Balaban J connectivity index is 0.00000181. The number of rotatable bonds is 6. The number of β-amino-alcohol motifs (C(OH)–C–C–N with tert-alkyl or cyclic N) is 1. The number of piperidine rings is 1. The lowest BCUT2D eigenvalue weighted by atomic mass is 10.0. The first-order chi connectivity index (χ1) is 14.6. The summed E-state index contributed by atoms with van der Waals surface area (Å²) in [6.45, 7) is 2.67. The zero-order valence-corrected chi connectivity index (χ0v) is 20.5. The van der Waals surface area contributed by atoms with Crippen LogP contribution >= 0.6 is 36.6 Å². The predicted molar refractivity (Wildman–Crippen MR) is 134 cm³/mol. The van der Waals surface area contributed by atoms with Gasteiger partial charge in [0.2, 0.25) is 0 Å². The highest BCUT2D eigenvalue weighted by Gasteiger charge is 2.27. The van der Waals surface area contributed by atoms with Gasteiger partial charge < -0.3 is 19.6 Å². The van der Waals surface area contributed by atoms with Crippen molar-refractivity contribution in [3.8, 4) is 5.75 Å². The van der Waals surface area contributed by atoms with E-state index >= 15 is 0 Å². The third-order valence-corrected chi connectivity index (χ3v) is 6.79. The van der Waals surface area contributed by atoms with Crippen molar-refractivity contribution < 1.29 is 14.2 Å². The van der Waals surface area contributed by atoms with E-state index in [1.807, 2.05) is 6.07 Å². The minimum absolute atomic E-state index is 0. The quantitative estimate of drug-likeness (QED) is 0.619. The number of hydrogen-bond donors (Lipinski definition) is 1. The molecule has 2 aliphatic rings. The number of likely N-dealkylation sites (tertiary alicyclic amines) is 1. The summed E-state index contributed by atoms with van der Waals surface area (Å²) in [6.07, 6.45) is 1.52. The van der Waals surface area contributed by atoms with Crippen molar-refractivity contribution in [3.63, 3.8) is 0 Å². The van der Waals surface area contributed by atoms with Crippen LogP contribution in [0.15, 0.2) is 53.5 Å². The van der Waals surface area contributed by atoms with Gasteiger partial charge in [0.1, 0.15) is 24.3 Å². The van der Waals surface area contributed by atoms with Crippen molar-refractivity contribution in [2.45, 2.75) is 30.7 Å². The number of para-hydroxylation sites is 1. The van der Waals surface area contributed by atoms with Crippen LogP contribution in [0.2, 0.25) is 0 Å². The molecule has 1 unspecified atom stereocenters. The maximum atomic E-state index is 12.9. The minimum atomic E-state index is -0.570. The van der Waals surface area contributed by atoms with Gasteiger partial charge in [-0.3, -0.25) is 0 Å². The van der Waals surface area contributed by atoms with E-state index in [1.165, 1.54) is 17.7 Å². The highest BCUT2D eigenvalue weighted by Crippen LogP contribution is 2.32. The Kier molecular flexibility index (Phi) is 10.6. The Bertz CT molecular complexity index is 880. The first kappa shape index (κ1) is 26.7. The highest BCUT2D eigenvalue weighted by atomic mass is 35.5. The maximum absolute atomic E-state index is 12.9. The topological polar surface area (TPSA) is 48.3 Å². The molecule has 2 aromatic rings. The van der Waals surface area contributed by atoms with Crippen LogP contribution in [0.25, 0.3) is 0 Å². The molecule has 0 spiro atoms. The number of nitrogens with zero attached hydrogens (tertiary/aromatic N) is 3. The molecule has 0 bridgehead atoms. The average molecular weight is 502 g/mol. The van der Waals surface area contributed by atoms with Crippen molar-refractivity contribution in [1.29, 1.82) is 0 Å². The van der Waals surface area contributed by atoms with Crippen LogP contribution in [-0.2, 0) is 5.75 Å². The molecule has 0 saturated carbocycles. The second-order valence-electron chi connectivity index (χ2n) is 7.87. The molecule has 1 fully saturated rings. The summed E-state index contributed by atoms with van der Waals surface area (Å²) in [5, 5.41) is 11.4. The van der Waals surface area contributed by atoms with Crippen LogP contribution in [0, 0.1) is 5.82 Å². The molecule has 9 heteroatoms. The molecule has 0 amide bonds. The zero-order chi connectivity index (χ0) is 20.9. The van der Waals surface area contributed by atoms with E-state index in [0.717, 1.165) is 42.5 Å². The van der Waals surface area contributed by atoms with Crippen molar-refractivity contribution in [3.05, 3.63) is 59.9 Å². The van der Waals surface area contributed by atoms with Crippen LogP contribution in [-0.4, -0.2) is 65.5 Å². The first-order valence-corrected chi connectivity index (χ1v) is 11.4. The van der Waals surface area contributed by atoms with Crippen LogP contribution < -0.4 is 4.74 Å². The number of halogens is 3. The molecule has 1 atom stereocenters. The van der Waals surface area contributed by atoms with Crippen LogP contribution in [0.3, 0.4) is 0 Å². The molecule has 1 saturated heterocycles. The van der Waals surface area contributed by atoms with E-state index in [9.17, 15) is 9.50 Å². The van der Waals surface area contributed by atoms with Gasteiger partial charge in [0.25, 0.3) is 0 Å². The van der Waals surface area contributed by atoms with Gasteiger partial charge in [0.05, 0.1) is 5.69 Å². The average Bonchev–Trinajstić information content (AvgIpc) is 2.78. The number of fused-ring (bicyclic) bond motifs is 1. The van der Waals surface area contributed by atoms with Crippen molar-refractivity contribution in [2.24, 2.45) is 4.99 Å². The number of benzene rings is 2. The SMILES string of the molecule is CN(C1=Nc2ccccc2CS1)C1CCN(CC(O)COc2ccc(F)cc2)CC1.Cl.Cl. The molecule has 4 rings (SSSR count). The fourth-order valence-corrected chi connectivity index (χ4v) is 4.96. The number of thioether (sulfide) groups is 1. The Hall–Kier alpha value is -1.51. The second kappa shape index (κ2) is 12.7. The van der Waals surface area contributed by atoms with E-state index < -0.39 is 6.10 Å². The minimum Gasteiger partial charge on any atom is -0.491 e. The fourth-order valence-electron chi connectivity index (χ4n) is 3.92. The van der Waals surface area contributed by atoms with E-state index in [-0.39, 0.29) is 37.2 Å². The van der Waals surface area contributed by atoms with Crippen LogP contribution in [0.4, 0.5) is 10.1 Å². The van der Waals surface area contributed by atoms with Gasteiger partial charge in [-0.1, -0.05) is 30.0 Å². The van der Waals surface area contributed by atoms with Crippen molar-refractivity contribution in [2.75, 3.05) is 33.3 Å². The van der Waals surface area contributed by atoms with Gasteiger partial charge in [0.15, 0.2) is 5.17 Å². The Labute approximate surface area is 205 Å². The number of amidine groups is 1. The van der Waals surface area contributed by atoms with E-state index in [2.05, 4.69) is 35.0 Å². The monoisotopic (exact) mass is 501 g/mol. The van der Waals surface area contributed by atoms with Crippen molar-refractivity contribution >= 4 is 47.4 Å². The summed E-state index contributed by atoms with van der Waals surface area (Å²) in [4.78, 5) is 9.47. The molecular formula is C23H30Cl2FN3O2S. The molecule has 0 aromatic heterocycles. The smallest absolute Gasteiger partial charge is 0.164 e. The van der Waals surface area contributed by atoms with E-state index in [1.54, 1.807) is 23.9 Å². The Morgan fingerprint density at radius 1 is 1.16 bits per heavy atom. The molecule has 176 valence electrons. The molecule has 5 nitrogen and oxygen atoms in total. The zero-order valence-electron chi connectivity index (χ0n) is 18.0. The molecule has 0 radical (unpaired) electrons. The Morgan fingerprint density at radius 3 is 2.56 bits per heavy atom. The summed E-state index contributed by atoms with van der Waals surface area (Å²) in [5.74, 6) is 1.25. The lowest BCUT2D eigenvalue weighted by Crippen LogP contribution is -2.47. The Morgan fingerprint density at radius 2 is 1.84 bits per heavy atom. The molecular weight excluding hydrogens is 472 g/mol. The van der Waals surface area contributed by atoms with Gasteiger partial charge in [-0.05, 0) is 48.7 Å². The second-order valence-corrected chi connectivity index (χ2v) is 8.82. The number of aliphatic imine (C=N–C) groups is 1. The third kappa shape index (κ3) is 6.99. The predicted octanol–water partition coefficient (Wildman–Crippen LogP) is 4.74. The van der Waals surface area contributed by atoms with Crippen molar-refractivity contribution in [1.82, 2.24) is 9.80 Å². The van der Waals surface area contributed by atoms with Gasteiger partial charge in [0, 0.05) is 38.5 Å². The maximum Gasteiger partial charge on any atom is 0.164 e. The molecule has 32 heavy (non-hydrogen) atoms. The fraction of sp³-hybridized carbons (Fsp3) is 0.435. The number of aliphatic hydroxyl groups excluding tert-OH is 1. The normalized spacial score (nSPS) is 17.3. The summed E-state index contributed by atoms with van der Waals surface area (Å²) in [5.41, 5.74) is 2.38. The molecule has 2 aliphatic heterocycles. The molecule has 2 heterocycles. The molecule has 1 N–H and O–H groups in total. The van der Waals surface area contributed by atoms with Gasteiger partial charge in [-0.25, -0.2) is 9.38 Å². The third-order valence-electron chi connectivity index (χ3n) is 5.70. The largest absolute Gasteiger partial charge is 0.491 e.